The Morgan fingerprint density at radius 1 is 1.46 bits per heavy atom. The van der Waals surface area contributed by atoms with Gasteiger partial charge in [-0.2, -0.15) is 0 Å². The number of imidazole rings is 1. The zero-order chi connectivity index (χ0) is 18.4. The summed E-state index contributed by atoms with van der Waals surface area (Å²) in [7, 11) is 1.59. The Morgan fingerprint density at radius 3 is 3.12 bits per heavy atom. The summed E-state index contributed by atoms with van der Waals surface area (Å²) in [5.74, 6) is 0.521. The Balaban J connectivity index is 1.47. The quantitative estimate of drug-likeness (QED) is 0.717. The van der Waals surface area contributed by atoms with Gasteiger partial charge in [0.15, 0.2) is 5.76 Å². The van der Waals surface area contributed by atoms with Gasteiger partial charge in [-0.3, -0.25) is 9.59 Å². The van der Waals surface area contributed by atoms with Gasteiger partial charge in [-0.25, -0.2) is 4.98 Å². The lowest BCUT2D eigenvalue weighted by Crippen LogP contribution is -2.51. The molecule has 1 N–H and O–H groups in total. The lowest BCUT2D eigenvalue weighted by Gasteiger charge is -2.32. The van der Waals surface area contributed by atoms with Crippen LogP contribution in [0.2, 0.25) is 0 Å². The maximum atomic E-state index is 12.2. The Bertz CT molecular complexity index is 727. The maximum absolute atomic E-state index is 12.2. The van der Waals surface area contributed by atoms with Crippen LogP contribution in [0.15, 0.2) is 35.3 Å². The number of methoxy groups -OCH3 is 1. The summed E-state index contributed by atoms with van der Waals surface area (Å²) in [4.78, 5) is 29.7. The molecule has 1 aliphatic heterocycles. The van der Waals surface area contributed by atoms with E-state index in [1.54, 1.807) is 36.7 Å². The highest BCUT2D eigenvalue weighted by atomic mass is 16.5. The number of rotatable bonds is 8. The highest BCUT2D eigenvalue weighted by Gasteiger charge is 2.26. The van der Waals surface area contributed by atoms with Crippen molar-refractivity contribution in [1.29, 1.82) is 0 Å². The van der Waals surface area contributed by atoms with Crippen molar-refractivity contribution < 1.29 is 23.5 Å². The number of carbonyl (C=O) groups excluding carboxylic acids is 2. The van der Waals surface area contributed by atoms with Gasteiger partial charge in [0.1, 0.15) is 12.4 Å². The van der Waals surface area contributed by atoms with Gasteiger partial charge in [-0.15, -0.1) is 0 Å². The Morgan fingerprint density at radius 2 is 2.35 bits per heavy atom. The average Bonchev–Trinajstić information content (AvgIpc) is 3.32. The van der Waals surface area contributed by atoms with Crippen molar-refractivity contribution >= 4 is 11.8 Å². The third-order valence-electron chi connectivity index (χ3n) is 4.06. The molecule has 0 saturated carbocycles. The van der Waals surface area contributed by atoms with Gasteiger partial charge in [-0.05, 0) is 12.1 Å². The number of hydrogen-bond donors (Lipinski definition) is 1. The SMILES string of the molecule is COCCN1CC(CNC(=O)c2ccc(Cn3ccnc3)o2)OCC1=O. The van der Waals surface area contributed by atoms with E-state index in [0.29, 0.717) is 38.5 Å². The molecule has 2 aromatic heterocycles. The van der Waals surface area contributed by atoms with Gasteiger partial charge in [0.25, 0.3) is 5.91 Å². The number of ether oxygens (including phenoxy) is 2. The summed E-state index contributed by atoms with van der Waals surface area (Å²) in [6.45, 7) is 2.23. The predicted molar refractivity (Wildman–Crippen MR) is 90.6 cm³/mol. The highest BCUT2D eigenvalue weighted by molar-refractivity contribution is 5.91. The van der Waals surface area contributed by atoms with Crippen molar-refractivity contribution in [2.24, 2.45) is 0 Å². The molecule has 26 heavy (non-hydrogen) atoms. The van der Waals surface area contributed by atoms with Crippen molar-refractivity contribution in [2.45, 2.75) is 12.6 Å². The van der Waals surface area contributed by atoms with Crippen LogP contribution in [0.25, 0.3) is 0 Å². The lowest BCUT2D eigenvalue weighted by atomic mass is 10.2. The molecule has 0 bridgehead atoms. The van der Waals surface area contributed by atoms with E-state index in [-0.39, 0.29) is 30.3 Å². The maximum Gasteiger partial charge on any atom is 0.287 e. The van der Waals surface area contributed by atoms with Crippen molar-refractivity contribution in [3.8, 4) is 0 Å². The van der Waals surface area contributed by atoms with Crippen LogP contribution in [0.4, 0.5) is 0 Å². The molecular weight excluding hydrogens is 340 g/mol. The van der Waals surface area contributed by atoms with E-state index in [2.05, 4.69) is 10.3 Å². The zero-order valence-corrected chi connectivity index (χ0v) is 14.6. The number of furan rings is 1. The number of aromatic nitrogens is 2. The fraction of sp³-hybridized carbons (Fsp3) is 0.471. The second-order valence-electron chi connectivity index (χ2n) is 5.98. The number of amides is 2. The van der Waals surface area contributed by atoms with Crippen molar-refractivity contribution in [1.82, 2.24) is 19.8 Å². The number of nitrogens with zero attached hydrogens (tertiary/aromatic N) is 3. The van der Waals surface area contributed by atoms with E-state index in [1.807, 2.05) is 10.8 Å². The number of hydrogen-bond acceptors (Lipinski definition) is 6. The van der Waals surface area contributed by atoms with Crippen LogP contribution in [0.1, 0.15) is 16.3 Å². The molecule has 140 valence electrons. The molecule has 1 saturated heterocycles. The van der Waals surface area contributed by atoms with Crippen LogP contribution >= 0.6 is 0 Å². The van der Waals surface area contributed by atoms with Gasteiger partial charge in [0, 0.05) is 39.1 Å². The Hall–Kier alpha value is -2.65. The molecule has 9 nitrogen and oxygen atoms in total. The van der Waals surface area contributed by atoms with Crippen molar-refractivity contribution in [2.75, 3.05) is 40.0 Å². The monoisotopic (exact) mass is 362 g/mol. The van der Waals surface area contributed by atoms with Gasteiger partial charge in [0.2, 0.25) is 5.91 Å². The summed E-state index contributed by atoms with van der Waals surface area (Å²) in [6.07, 6.45) is 4.92. The third kappa shape index (κ3) is 4.70. The summed E-state index contributed by atoms with van der Waals surface area (Å²) in [5, 5.41) is 2.79. The second kappa shape index (κ2) is 8.63. The number of nitrogens with one attached hydrogen (secondary N) is 1. The molecule has 1 atom stereocenters. The number of carbonyl (C=O) groups is 2. The second-order valence-corrected chi connectivity index (χ2v) is 5.98. The van der Waals surface area contributed by atoms with E-state index in [4.69, 9.17) is 13.9 Å². The van der Waals surface area contributed by atoms with Crippen molar-refractivity contribution in [3.63, 3.8) is 0 Å². The molecule has 2 amide bonds. The predicted octanol–water partition coefficient (Wildman–Crippen LogP) is 0.128. The molecule has 3 rings (SSSR count). The molecule has 0 aromatic carbocycles. The summed E-state index contributed by atoms with van der Waals surface area (Å²) in [5.41, 5.74) is 0. The minimum absolute atomic E-state index is 0.0139. The van der Waals surface area contributed by atoms with Gasteiger partial charge < -0.3 is 28.7 Å². The fourth-order valence-corrected chi connectivity index (χ4v) is 2.66. The highest BCUT2D eigenvalue weighted by Crippen LogP contribution is 2.10. The van der Waals surface area contributed by atoms with Crippen LogP contribution in [0.5, 0.6) is 0 Å². The smallest absolute Gasteiger partial charge is 0.287 e. The molecule has 9 heteroatoms. The first kappa shape index (κ1) is 18.2. The Kier molecular flexibility index (Phi) is 6.03. The van der Waals surface area contributed by atoms with Crippen LogP contribution in [0.3, 0.4) is 0 Å². The number of morpholine rings is 1. The Labute approximate surface area is 150 Å². The van der Waals surface area contributed by atoms with E-state index in [9.17, 15) is 9.59 Å². The van der Waals surface area contributed by atoms with Crippen LogP contribution in [-0.2, 0) is 20.8 Å². The summed E-state index contributed by atoms with van der Waals surface area (Å²) < 4.78 is 17.9. The fourth-order valence-electron chi connectivity index (χ4n) is 2.66. The van der Waals surface area contributed by atoms with E-state index >= 15 is 0 Å². The van der Waals surface area contributed by atoms with Gasteiger partial charge in [-0.1, -0.05) is 0 Å². The summed E-state index contributed by atoms with van der Waals surface area (Å²) >= 11 is 0. The first-order valence-corrected chi connectivity index (χ1v) is 8.36. The average molecular weight is 362 g/mol. The molecule has 0 aliphatic carbocycles. The topological polar surface area (TPSA) is 98.8 Å². The molecular formula is C17H22N4O5. The molecule has 1 fully saturated rings. The van der Waals surface area contributed by atoms with E-state index < -0.39 is 0 Å². The molecule has 1 unspecified atom stereocenters. The molecule has 1 aliphatic rings. The molecule has 2 aromatic rings. The molecule has 0 radical (unpaired) electrons. The molecule has 0 spiro atoms. The van der Waals surface area contributed by atoms with Gasteiger partial charge >= 0.3 is 0 Å². The van der Waals surface area contributed by atoms with Crippen LogP contribution in [0, 0.1) is 0 Å². The summed E-state index contributed by atoms with van der Waals surface area (Å²) in [6, 6.07) is 3.40. The molecule has 3 heterocycles. The minimum atomic E-state index is -0.314. The zero-order valence-electron chi connectivity index (χ0n) is 14.6. The lowest BCUT2D eigenvalue weighted by molar-refractivity contribution is -0.149. The first-order chi connectivity index (χ1) is 12.7. The third-order valence-corrected chi connectivity index (χ3v) is 4.06. The van der Waals surface area contributed by atoms with E-state index in [0.717, 1.165) is 0 Å². The van der Waals surface area contributed by atoms with Gasteiger partial charge in [0.05, 0.1) is 25.6 Å². The van der Waals surface area contributed by atoms with Crippen LogP contribution < -0.4 is 5.32 Å². The van der Waals surface area contributed by atoms with Crippen LogP contribution in [-0.4, -0.2) is 72.3 Å². The van der Waals surface area contributed by atoms with E-state index in [1.165, 1.54) is 0 Å². The minimum Gasteiger partial charge on any atom is -0.454 e. The first-order valence-electron chi connectivity index (χ1n) is 8.36. The largest absolute Gasteiger partial charge is 0.454 e. The van der Waals surface area contributed by atoms with Crippen molar-refractivity contribution in [3.05, 3.63) is 42.4 Å². The standard InChI is InChI=1S/C17H22N4O5/c1-24-7-6-21-10-14(25-11-16(21)22)8-19-17(23)15-3-2-13(26-15)9-20-5-4-18-12-20/h2-5,12,14H,6-11H2,1H3,(H,19,23). The normalized spacial score (nSPS) is 17.5.